The van der Waals surface area contributed by atoms with Crippen LogP contribution in [0.5, 0.6) is 0 Å². The van der Waals surface area contributed by atoms with Crippen LogP contribution < -0.4 is 5.32 Å². The average Bonchev–Trinajstić information content (AvgIpc) is 2.24. The molecule has 0 aromatic rings. The molecular formula is C10H17N3O3. The molecule has 0 heterocycles. The number of rotatable bonds is 5. The summed E-state index contributed by atoms with van der Waals surface area (Å²) in [6.07, 6.45) is 0. The van der Waals surface area contributed by atoms with Crippen molar-refractivity contribution < 1.29 is 14.7 Å². The van der Waals surface area contributed by atoms with Crippen molar-refractivity contribution in [2.45, 2.75) is 13.8 Å². The Kier molecular flexibility index (Phi) is 5.93. The lowest BCUT2D eigenvalue weighted by molar-refractivity contribution is -0.140. The highest BCUT2D eigenvalue weighted by atomic mass is 16.4. The fourth-order valence-electron chi connectivity index (χ4n) is 0.997. The van der Waals surface area contributed by atoms with Crippen LogP contribution in [0.25, 0.3) is 0 Å². The number of aliphatic carboxylic acids is 1. The Morgan fingerprint density at radius 3 is 2.50 bits per heavy atom. The summed E-state index contributed by atoms with van der Waals surface area (Å²) in [7, 11) is 1.56. The molecule has 0 aliphatic heterocycles. The summed E-state index contributed by atoms with van der Waals surface area (Å²) in [4.78, 5) is 23.3. The van der Waals surface area contributed by atoms with Gasteiger partial charge in [0.2, 0.25) is 0 Å². The molecule has 0 radical (unpaired) electrons. The van der Waals surface area contributed by atoms with E-state index in [-0.39, 0.29) is 18.5 Å². The van der Waals surface area contributed by atoms with E-state index >= 15 is 0 Å². The molecule has 2 unspecified atom stereocenters. The first-order chi connectivity index (χ1) is 7.38. The topological polar surface area (TPSA) is 93.4 Å². The number of urea groups is 1. The van der Waals surface area contributed by atoms with Gasteiger partial charge in [-0.1, -0.05) is 6.92 Å². The molecule has 2 atom stereocenters. The molecule has 90 valence electrons. The second kappa shape index (κ2) is 6.67. The molecule has 0 rings (SSSR count). The molecular weight excluding hydrogens is 210 g/mol. The summed E-state index contributed by atoms with van der Waals surface area (Å²) in [6.45, 7) is 3.63. The third kappa shape index (κ3) is 5.20. The van der Waals surface area contributed by atoms with Gasteiger partial charge >= 0.3 is 12.0 Å². The summed E-state index contributed by atoms with van der Waals surface area (Å²) in [6, 6.07) is 1.65. The van der Waals surface area contributed by atoms with E-state index in [9.17, 15) is 9.59 Å². The average molecular weight is 227 g/mol. The van der Waals surface area contributed by atoms with Crippen molar-refractivity contribution in [1.82, 2.24) is 10.2 Å². The lowest BCUT2D eigenvalue weighted by atomic mass is 10.2. The number of carboxylic acids is 1. The van der Waals surface area contributed by atoms with Crippen molar-refractivity contribution in [3.8, 4) is 6.07 Å². The number of nitriles is 1. The molecule has 0 aliphatic carbocycles. The van der Waals surface area contributed by atoms with Crippen molar-refractivity contribution in [3.05, 3.63) is 0 Å². The highest BCUT2D eigenvalue weighted by Gasteiger charge is 2.15. The number of hydrogen-bond donors (Lipinski definition) is 2. The quantitative estimate of drug-likeness (QED) is 0.715. The van der Waals surface area contributed by atoms with E-state index in [1.54, 1.807) is 14.0 Å². The third-order valence-corrected chi connectivity index (χ3v) is 2.10. The third-order valence-electron chi connectivity index (χ3n) is 2.10. The number of amides is 2. The Labute approximate surface area is 94.8 Å². The Bertz CT molecular complexity index is 298. The first-order valence-corrected chi connectivity index (χ1v) is 4.99. The maximum Gasteiger partial charge on any atom is 0.317 e. The Balaban J connectivity index is 3.98. The molecule has 0 aromatic carbocycles. The molecule has 0 saturated carbocycles. The fraction of sp³-hybridized carbons (Fsp3) is 0.700. The van der Waals surface area contributed by atoms with Gasteiger partial charge in [-0.15, -0.1) is 0 Å². The first-order valence-electron chi connectivity index (χ1n) is 4.99. The summed E-state index contributed by atoms with van der Waals surface area (Å²) in [5, 5.41) is 19.7. The molecule has 16 heavy (non-hydrogen) atoms. The van der Waals surface area contributed by atoms with Gasteiger partial charge < -0.3 is 15.3 Å². The monoisotopic (exact) mass is 227 g/mol. The predicted molar refractivity (Wildman–Crippen MR) is 57.6 cm³/mol. The molecule has 0 aromatic heterocycles. The van der Waals surface area contributed by atoms with Gasteiger partial charge in [-0.2, -0.15) is 5.26 Å². The van der Waals surface area contributed by atoms with Crippen LogP contribution in [0.3, 0.4) is 0 Å². The number of nitrogens with zero attached hydrogens (tertiary/aromatic N) is 2. The zero-order chi connectivity index (χ0) is 12.7. The lowest BCUT2D eigenvalue weighted by Crippen LogP contribution is -2.41. The minimum atomic E-state index is -0.951. The van der Waals surface area contributed by atoms with Gasteiger partial charge in [-0.25, -0.2) is 4.79 Å². The second-order valence-electron chi connectivity index (χ2n) is 3.84. The maximum absolute atomic E-state index is 11.4. The highest BCUT2D eigenvalue weighted by molar-refractivity contribution is 5.75. The van der Waals surface area contributed by atoms with Gasteiger partial charge in [0.05, 0.1) is 17.9 Å². The number of hydrogen-bond acceptors (Lipinski definition) is 3. The smallest absolute Gasteiger partial charge is 0.317 e. The molecule has 6 heteroatoms. The first kappa shape index (κ1) is 14.2. The summed E-state index contributed by atoms with van der Waals surface area (Å²) in [5.74, 6) is -1.81. The van der Waals surface area contributed by atoms with Crippen LogP contribution in [-0.4, -0.2) is 42.1 Å². The number of carbonyl (C=O) groups is 2. The molecule has 0 aliphatic rings. The number of carbonyl (C=O) groups excluding carboxylic acids is 1. The summed E-state index contributed by atoms with van der Waals surface area (Å²) >= 11 is 0. The largest absolute Gasteiger partial charge is 0.481 e. The SMILES string of the molecule is CC(C#N)CN(C)C(=O)NCC(C)C(=O)O. The van der Waals surface area contributed by atoms with Crippen LogP contribution in [-0.2, 0) is 4.79 Å². The maximum atomic E-state index is 11.4. The molecule has 0 fully saturated rings. The van der Waals surface area contributed by atoms with Crippen LogP contribution >= 0.6 is 0 Å². The zero-order valence-electron chi connectivity index (χ0n) is 9.73. The Hall–Kier alpha value is -1.77. The summed E-state index contributed by atoms with van der Waals surface area (Å²) in [5.41, 5.74) is 0. The van der Waals surface area contributed by atoms with Crippen LogP contribution in [0.1, 0.15) is 13.8 Å². The molecule has 2 amide bonds. The van der Waals surface area contributed by atoms with E-state index in [1.165, 1.54) is 11.8 Å². The van der Waals surface area contributed by atoms with Gasteiger partial charge in [-0.3, -0.25) is 4.79 Å². The second-order valence-corrected chi connectivity index (χ2v) is 3.84. The van der Waals surface area contributed by atoms with E-state index in [2.05, 4.69) is 5.32 Å². The van der Waals surface area contributed by atoms with Crippen LogP contribution in [0.15, 0.2) is 0 Å². The number of nitrogens with one attached hydrogen (secondary N) is 1. The van der Waals surface area contributed by atoms with Gasteiger partial charge in [0.15, 0.2) is 0 Å². The van der Waals surface area contributed by atoms with E-state index in [0.29, 0.717) is 6.54 Å². The van der Waals surface area contributed by atoms with Gasteiger partial charge in [-0.05, 0) is 6.92 Å². The van der Waals surface area contributed by atoms with Crippen molar-refractivity contribution in [2.24, 2.45) is 11.8 Å². The van der Waals surface area contributed by atoms with Crippen molar-refractivity contribution in [2.75, 3.05) is 20.1 Å². The van der Waals surface area contributed by atoms with E-state index in [1.807, 2.05) is 6.07 Å². The van der Waals surface area contributed by atoms with E-state index in [0.717, 1.165) is 0 Å². The Morgan fingerprint density at radius 2 is 2.06 bits per heavy atom. The standard InChI is InChI=1S/C10H17N3O3/c1-7(4-11)6-13(3)10(16)12-5-8(2)9(14)15/h7-8H,5-6H2,1-3H3,(H,12,16)(H,14,15). The van der Waals surface area contributed by atoms with Crippen LogP contribution in [0.2, 0.25) is 0 Å². The highest BCUT2D eigenvalue weighted by Crippen LogP contribution is 1.97. The van der Waals surface area contributed by atoms with Gasteiger partial charge in [0.25, 0.3) is 0 Å². The van der Waals surface area contributed by atoms with Gasteiger partial charge in [0.1, 0.15) is 0 Å². The molecule has 0 spiro atoms. The molecule has 0 saturated heterocycles. The molecule has 6 nitrogen and oxygen atoms in total. The lowest BCUT2D eigenvalue weighted by Gasteiger charge is -2.19. The van der Waals surface area contributed by atoms with Crippen LogP contribution in [0, 0.1) is 23.2 Å². The van der Waals surface area contributed by atoms with E-state index < -0.39 is 11.9 Å². The van der Waals surface area contributed by atoms with Crippen molar-refractivity contribution >= 4 is 12.0 Å². The number of carboxylic acid groups (broad SMARTS) is 1. The predicted octanol–water partition coefficient (Wildman–Crippen LogP) is 0.508. The molecule has 2 N–H and O–H groups in total. The van der Waals surface area contributed by atoms with Crippen molar-refractivity contribution in [3.63, 3.8) is 0 Å². The molecule has 0 bridgehead atoms. The van der Waals surface area contributed by atoms with Crippen molar-refractivity contribution in [1.29, 1.82) is 5.26 Å². The fourth-order valence-corrected chi connectivity index (χ4v) is 0.997. The van der Waals surface area contributed by atoms with Crippen LogP contribution in [0.4, 0.5) is 4.79 Å². The normalized spacial score (nSPS) is 13.4. The van der Waals surface area contributed by atoms with E-state index in [4.69, 9.17) is 10.4 Å². The minimum absolute atomic E-state index is 0.0828. The summed E-state index contributed by atoms with van der Waals surface area (Å²) < 4.78 is 0. The Morgan fingerprint density at radius 1 is 1.50 bits per heavy atom. The zero-order valence-corrected chi connectivity index (χ0v) is 9.73. The minimum Gasteiger partial charge on any atom is -0.481 e. The van der Waals surface area contributed by atoms with Gasteiger partial charge in [0, 0.05) is 20.1 Å².